The van der Waals surface area contributed by atoms with Crippen LogP contribution in [0.4, 0.5) is 0 Å². The summed E-state index contributed by atoms with van der Waals surface area (Å²) < 4.78 is 1.32. The first kappa shape index (κ1) is 18.7. The minimum Gasteiger partial charge on any atom is -0.266 e. The van der Waals surface area contributed by atoms with E-state index >= 15 is 0 Å². The third-order valence-electron chi connectivity index (χ3n) is 4.10. The van der Waals surface area contributed by atoms with Crippen molar-refractivity contribution in [2.45, 2.75) is 36.8 Å². The van der Waals surface area contributed by atoms with Crippen molar-refractivity contribution in [3.05, 3.63) is 87.3 Å². The van der Waals surface area contributed by atoms with Crippen LogP contribution < -0.4 is 5.56 Å². The highest BCUT2D eigenvalue weighted by Gasteiger charge is 2.14. The average Bonchev–Trinajstić information content (AvgIpc) is 2.63. The lowest BCUT2D eigenvalue weighted by molar-refractivity contribution is 0.590. The minimum atomic E-state index is -0.300. The maximum absolute atomic E-state index is 12.5. The Balaban J connectivity index is 1.77. The first-order valence-electron chi connectivity index (χ1n) is 8.42. The van der Waals surface area contributed by atoms with E-state index in [0.29, 0.717) is 10.6 Å². The third-order valence-corrected chi connectivity index (χ3v) is 5.68. The molecule has 3 aromatic rings. The number of para-hydroxylation sites is 1. The fourth-order valence-corrected chi connectivity index (χ4v) is 3.68. The predicted octanol–water partition coefficient (Wildman–Crippen LogP) is 5.48. The van der Waals surface area contributed by atoms with Crippen LogP contribution >= 0.6 is 23.4 Å². The number of nitrogens with zero attached hydrogens (tertiary/aromatic N) is 2. The van der Waals surface area contributed by atoms with Gasteiger partial charge in [0.25, 0.3) is 5.56 Å². The zero-order valence-corrected chi connectivity index (χ0v) is 16.6. The van der Waals surface area contributed by atoms with Crippen molar-refractivity contribution in [2.75, 3.05) is 0 Å². The summed E-state index contributed by atoms with van der Waals surface area (Å²) >= 11 is 7.83. The van der Waals surface area contributed by atoms with Gasteiger partial charge in [-0.25, -0.2) is 0 Å². The third kappa shape index (κ3) is 4.19. The molecule has 0 amide bonds. The van der Waals surface area contributed by atoms with Crippen molar-refractivity contribution < 1.29 is 0 Å². The number of aromatic nitrogens is 2. The van der Waals surface area contributed by atoms with Gasteiger partial charge < -0.3 is 0 Å². The Kier molecular flexibility index (Phi) is 5.54. The summed E-state index contributed by atoms with van der Waals surface area (Å²) in [6.07, 6.45) is 1.66. The molecule has 1 aromatic heterocycles. The van der Waals surface area contributed by atoms with Gasteiger partial charge in [-0.15, -0.1) is 11.8 Å². The fourth-order valence-electron chi connectivity index (χ4n) is 2.53. The van der Waals surface area contributed by atoms with Crippen molar-refractivity contribution in [3.63, 3.8) is 0 Å². The van der Waals surface area contributed by atoms with Gasteiger partial charge in [0.05, 0.1) is 16.8 Å². The van der Waals surface area contributed by atoms with Gasteiger partial charge in [0, 0.05) is 5.75 Å². The maximum atomic E-state index is 12.5. The molecule has 0 aliphatic heterocycles. The first-order valence-corrected chi connectivity index (χ1v) is 9.78. The van der Waals surface area contributed by atoms with Crippen molar-refractivity contribution >= 4 is 23.4 Å². The summed E-state index contributed by atoms with van der Waals surface area (Å²) in [7, 11) is 0. The highest BCUT2D eigenvalue weighted by Crippen LogP contribution is 2.28. The van der Waals surface area contributed by atoms with E-state index in [-0.39, 0.29) is 16.0 Å². The Morgan fingerprint density at radius 1 is 1.04 bits per heavy atom. The van der Waals surface area contributed by atoms with E-state index in [1.807, 2.05) is 30.3 Å². The van der Waals surface area contributed by atoms with Crippen LogP contribution in [0.3, 0.4) is 0 Å². The SMILES string of the molecule is CC(C)(C)c1ccc(CSc2cnn(-c3ccccc3)c(=O)c2Cl)cc1. The van der Waals surface area contributed by atoms with E-state index in [4.69, 9.17) is 11.6 Å². The van der Waals surface area contributed by atoms with Crippen molar-refractivity contribution in [1.82, 2.24) is 9.78 Å². The molecule has 0 aliphatic carbocycles. The van der Waals surface area contributed by atoms with Crippen LogP contribution in [0.25, 0.3) is 5.69 Å². The molecule has 0 aliphatic rings. The molecule has 3 nitrogen and oxygen atoms in total. The Labute approximate surface area is 163 Å². The van der Waals surface area contributed by atoms with E-state index in [1.165, 1.54) is 27.6 Å². The summed E-state index contributed by atoms with van der Waals surface area (Å²) in [6.45, 7) is 6.60. The van der Waals surface area contributed by atoms with E-state index < -0.39 is 0 Å². The Hall–Kier alpha value is -2.04. The zero-order chi connectivity index (χ0) is 18.7. The number of rotatable bonds is 4. The second-order valence-electron chi connectivity index (χ2n) is 7.11. The molecule has 2 aromatic carbocycles. The Morgan fingerprint density at radius 3 is 2.31 bits per heavy atom. The smallest absolute Gasteiger partial charge is 0.266 e. The number of benzene rings is 2. The van der Waals surface area contributed by atoms with E-state index in [0.717, 1.165) is 5.75 Å². The van der Waals surface area contributed by atoms with Crippen LogP contribution in [0.5, 0.6) is 0 Å². The molecule has 0 fully saturated rings. The molecule has 0 radical (unpaired) electrons. The van der Waals surface area contributed by atoms with Gasteiger partial charge in [0.1, 0.15) is 5.02 Å². The Morgan fingerprint density at radius 2 is 1.69 bits per heavy atom. The molecular weight excluding hydrogens is 364 g/mol. The lowest BCUT2D eigenvalue weighted by Crippen LogP contribution is -2.21. The van der Waals surface area contributed by atoms with Crippen molar-refractivity contribution in [2.24, 2.45) is 0 Å². The van der Waals surface area contributed by atoms with Crippen LogP contribution in [-0.2, 0) is 11.2 Å². The van der Waals surface area contributed by atoms with Gasteiger partial charge >= 0.3 is 0 Å². The fraction of sp³-hybridized carbons (Fsp3) is 0.238. The summed E-state index contributed by atoms with van der Waals surface area (Å²) in [6, 6.07) is 17.8. The molecule has 0 bridgehead atoms. The van der Waals surface area contributed by atoms with E-state index in [1.54, 1.807) is 6.20 Å². The molecule has 0 spiro atoms. The predicted molar refractivity (Wildman–Crippen MR) is 110 cm³/mol. The number of halogens is 1. The Bertz CT molecular complexity index is 944. The van der Waals surface area contributed by atoms with Crippen LogP contribution in [0.1, 0.15) is 31.9 Å². The lowest BCUT2D eigenvalue weighted by Gasteiger charge is -2.19. The van der Waals surface area contributed by atoms with Gasteiger partial charge in [-0.2, -0.15) is 9.78 Å². The molecule has 0 N–H and O–H groups in total. The molecule has 5 heteroatoms. The monoisotopic (exact) mass is 384 g/mol. The van der Waals surface area contributed by atoms with E-state index in [2.05, 4.69) is 50.1 Å². The highest BCUT2D eigenvalue weighted by atomic mass is 35.5. The topological polar surface area (TPSA) is 34.9 Å². The number of hydrogen-bond acceptors (Lipinski definition) is 3. The molecule has 3 rings (SSSR count). The largest absolute Gasteiger partial charge is 0.291 e. The van der Waals surface area contributed by atoms with Gasteiger partial charge in [-0.05, 0) is 28.7 Å². The van der Waals surface area contributed by atoms with Crippen molar-refractivity contribution in [1.29, 1.82) is 0 Å². The quantitative estimate of drug-likeness (QED) is 0.559. The number of hydrogen-bond donors (Lipinski definition) is 0. The zero-order valence-electron chi connectivity index (χ0n) is 15.1. The highest BCUT2D eigenvalue weighted by molar-refractivity contribution is 7.98. The molecule has 0 unspecified atom stereocenters. The molecule has 0 saturated carbocycles. The van der Waals surface area contributed by atoms with Gasteiger partial charge in [-0.3, -0.25) is 4.79 Å². The first-order chi connectivity index (χ1) is 12.4. The lowest BCUT2D eigenvalue weighted by atomic mass is 9.87. The minimum absolute atomic E-state index is 0.140. The van der Waals surface area contributed by atoms with Crippen molar-refractivity contribution in [3.8, 4) is 5.69 Å². The molecule has 0 saturated heterocycles. The van der Waals surface area contributed by atoms with Crippen LogP contribution in [0.15, 0.2) is 70.5 Å². The summed E-state index contributed by atoms with van der Waals surface area (Å²) in [5.74, 6) is 0.737. The van der Waals surface area contributed by atoms with Gasteiger partial charge in [0.15, 0.2) is 0 Å². The molecule has 1 heterocycles. The second kappa shape index (κ2) is 7.68. The second-order valence-corrected chi connectivity index (χ2v) is 8.51. The number of thioether (sulfide) groups is 1. The maximum Gasteiger partial charge on any atom is 0.291 e. The van der Waals surface area contributed by atoms with Crippen LogP contribution in [0.2, 0.25) is 5.02 Å². The van der Waals surface area contributed by atoms with E-state index in [9.17, 15) is 4.79 Å². The summed E-state index contributed by atoms with van der Waals surface area (Å²) in [5.41, 5.74) is 3.03. The van der Waals surface area contributed by atoms with Gasteiger partial charge in [-0.1, -0.05) is 74.8 Å². The molecule has 134 valence electrons. The van der Waals surface area contributed by atoms with Crippen LogP contribution in [-0.4, -0.2) is 9.78 Å². The standard InChI is InChI=1S/C21H21ClN2OS/c1-21(2,3)16-11-9-15(10-12-16)14-26-18-13-23-24(20(25)19(18)22)17-7-5-4-6-8-17/h4-13H,14H2,1-3H3. The molecule has 26 heavy (non-hydrogen) atoms. The molecule has 0 atom stereocenters. The normalized spacial score (nSPS) is 11.5. The molecular formula is C21H21ClN2OS. The summed E-state index contributed by atoms with van der Waals surface area (Å²) in [4.78, 5) is 13.2. The average molecular weight is 385 g/mol. The van der Waals surface area contributed by atoms with Gasteiger partial charge in [0.2, 0.25) is 0 Å². The van der Waals surface area contributed by atoms with Crippen LogP contribution in [0, 0.1) is 0 Å². The summed E-state index contributed by atoms with van der Waals surface area (Å²) in [5, 5.41) is 4.48.